The molecule has 0 bridgehead atoms. The van der Waals surface area contributed by atoms with E-state index in [1.807, 2.05) is 0 Å². The van der Waals surface area contributed by atoms with Gasteiger partial charge in [-0.1, -0.05) is 0 Å². The van der Waals surface area contributed by atoms with Gasteiger partial charge < -0.3 is 24.8 Å². The molecule has 3 heterocycles. The first-order valence-corrected chi connectivity index (χ1v) is 8.93. The Morgan fingerprint density at radius 2 is 1.74 bits per heavy atom. The minimum atomic E-state index is -4.96. The predicted molar refractivity (Wildman–Crippen MR) is 84.1 cm³/mol. The molecule has 27 heavy (non-hydrogen) atoms. The third-order valence-corrected chi connectivity index (χ3v) is 4.71. The van der Waals surface area contributed by atoms with E-state index in [0.717, 1.165) is 6.07 Å². The zero-order valence-electron chi connectivity index (χ0n) is 13.3. The fourth-order valence-corrected chi connectivity index (χ4v) is 3.15. The molecule has 0 spiro atoms. The van der Waals surface area contributed by atoms with E-state index < -0.39 is 51.9 Å². The monoisotopic (exact) mass is 403 g/mol. The maximum atomic E-state index is 14.2. The van der Waals surface area contributed by atoms with E-state index in [0.29, 0.717) is 5.56 Å². The van der Waals surface area contributed by atoms with Crippen LogP contribution in [0.5, 0.6) is 5.75 Å². The van der Waals surface area contributed by atoms with Gasteiger partial charge in [0, 0.05) is 18.0 Å². The van der Waals surface area contributed by atoms with E-state index in [4.69, 9.17) is 14.0 Å². The number of rotatable bonds is 4. The summed E-state index contributed by atoms with van der Waals surface area (Å²) in [5.74, 6) is -1.66. The van der Waals surface area contributed by atoms with Crippen molar-refractivity contribution < 1.29 is 42.2 Å². The lowest BCUT2D eigenvalue weighted by Crippen LogP contribution is -2.61. The van der Waals surface area contributed by atoms with E-state index in [-0.39, 0.29) is 5.69 Å². The second-order valence-corrected chi connectivity index (χ2v) is 7.08. The summed E-state index contributed by atoms with van der Waals surface area (Å²) in [6.07, 6.45) is -3.93. The molecule has 1 aliphatic heterocycles. The standard InChI is InChI=1S/C14H14FN3O8S/c15-12-8(2-1-7(18-12)6-3-16-5-17-4-6)25-13-10(20)9(19)11(21)14(26-13)27(22,23)24/h1-5,9-11,13-14,19-21H,(H,22,23,24)/t9-,10-,11+,13-,14?/m1/s1. The highest BCUT2D eigenvalue weighted by Crippen LogP contribution is 2.28. The molecule has 5 atom stereocenters. The summed E-state index contributed by atoms with van der Waals surface area (Å²) in [6.45, 7) is 0. The Hall–Kier alpha value is -2.29. The highest BCUT2D eigenvalue weighted by atomic mass is 32.2. The lowest BCUT2D eigenvalue weighted by molar-refractivity contribution is -0.254. The molecule has 0 aromatic carbocycles. The number of nitrogens with zero attached hydrogens (tertiary/aromatic N) is 3. The Morgan fingerprint density at radius 1 is 1.07 bits per heavy atom. The number of hydrogen-bond donors (Lipinski definition) is 4. The van der Waals surface area contributed by atoms with Gasteiger partial charge in [0.1, 0.15) is 24.6 Å². The topological polar surface area (TPSA) is 172 Å². The van der Waals surface area contributed by atoms with E-state index in [1.165, 1.54) is 24.8 Å². The SMILES string of the molecule is O=S(=O)(O)C1O[C@@H](Oc2ccc(-c3cncnc3)nc2F)[C@H](O)[C@@H](O)[C@@H]1O. The van der Waals surface area contributed by atoms with Gasteiger partial charge in [-0.3, -0.25) is 4.55 Å². The molecule has 1 aliphatic rings. The van der Waals surface area contributed by atoms with Crippen LogP contribution in [0.3, 0.4) is 0 Å². The summed E-state index contributed by atoms with van der Waals surface area (Å²) < 4.78 is 55.6. The Balaban J connectivity index is 1.83. The number of aromatic nitrogens is 3. The molecule has 0 saturated carbocycles. The normalized spacial score (nSPS) is 28.7. The highest BCUT2D eigenvalue weighted by Gasteiger charge is 2.50. The maximum absolute atomic E-state index is 14.2. The van der Waals surface area contributed by atoms with Crippen LogP contribution < -0.4 is 4.74 Å². The third-order valence-electron chi connectivity index (χ3n) is 3.73. The van der Waals surface area contributed by atoms with E-state index in [1.54, 1.807) is 0 Å². The van der Waals surface area contributed by atoms with Crippen LogP contribution in [0.15, 0.2) is 30.9 Å². The van der Waals surface area contributed by atoms with Gasteiger partial charge in [-0.05, 0) is 12.1 Å². The second kappa shape index (κ2) is 7.38. The minimum Gasteiger partial charge on any atom is -0.457 e. The molecule has 1 saturated heterocycles. The van der Waals surface area contributed by atoms with Gasteiger partial charge in [-0.15, -0.1) is 0 Å². The quantitative estimate of drug-likeness (QED) is 0.353. The van der Waals surface area contributed by atoms with Crippen molar-refractivity contribution in [2.75, 3.05) is 0 Å². The maximum Gasteiger partial charge on any atom is 0.295 e. The van der Waals surface area contributed by atoms with Crippen LogP contribution in [-0.2, 0) is 14.9 Å². The van der Waals surface area contributed by atoms with Crippen LogP contribution in [0, 0.1) is 5.95 Å². The molecule has 11 nitrogen and oxygen atoms in total. The van der Waals surface area contributed by atoms with Crippen molar-refractivity contribution in [1.82, 2.24) is 15.0 Å². The van der Waals surface area contributed by atoms with Crippen molar-refractivity contribution in [2.24, 2.45) is 0 Å². The van der Waals surface area contributed by atoms with Crippen LogP contribution in [0.1, 0.15) is 0 Å². The number of aliphatic hydroxyl groups is 3. The van der Waals surface area contributed by atoms with Crippen molar-refractivity contribution in [3.05, 3.63) is 36.8 Å². The fourth-order valence-electron chi connectivity index (χ4n) is 2.39. The molecule has 0 amide bonds. The van der Waals surface area contributed by atoms with Crippen LogP contribution in [0.2, 0.25) is 0 Å². The molecule has 1 unspecified atom stereocenters. The summed E-state index contributed by atoms with van der Waals surface area (Å²) >= 11 is 0. The summed E-state index contributed by atoms with van der Waals surface area (Å²) in [5, 5.41) is 29.2. The van der Waals surface area contributed by atoms with Crippen molar-refractivity contribution in [3.63, 3.8) is 0 Å². The Bertz CT molecular complexity index is 916. The average Bonchev–Trinajstić information content (AvgIpc) is 2.63. The van der Waals surface area contributed by atoms with Gasteiger partial charge in [0.15, 0.2) is 5.75 Å². The smallest absolute Gasteiger partial charge is 0.295 e. The van der Waals surface area contributed by atoms with E-state index in [2.05, 4.69) is 15.0 Å². The Morgan fingerprint density at radius 3 is 2.33 bits per heavy atom. The van der Waals surface area contributed by atoms with Gasteiger partial charge in [0.2, 0.25) is 11.7 Å². The molecule has 0 radical (unpaired) electrons. The van der Waals surface area contributed by atoms with Crippen molar-refractivity contribution in [1.29, 1.82) is 0 Å². The summed E-state index contributed by atoms with van der Waals surface area (Å²) in [7, 11) is -4.96. The summed E-state index contributed by atoms with van der Waals surface area (Å²) in [6, 6.07) is 2.47. The van der Waals surface area contributed by atoms with Crippen LogP contribution in [0.4, 0.5) is 4.39 Å². The summed E-state index contributed by atoms with van der Waals surface area (Å²) in [4.78, 5) is 11.2. The molecule has 146 valence electrons. The first-order chi connectivity index (χ1) is 12.7. The lowest BCUT2D eigenvalue weighted by atomic mass is 10.1. The van der Waals surface area contributed by atoms with Crippen LogP contribution >= 0.6 is 0 Å². The highest BCUT2D eigenvalue weighted by molar-refractivity contribution is 7.86. The zero-order chi connectivity index (χ0) is 19.8. The van der Waals surface area contributed by atoms with Gasteiger partial charge in [-0.2, -0.15) is 12.8 Å². The van der Waals surface area contributed by atoms with Gasteiger partial charge in [-0.25, -0.2) is 15.0 Å². The molecule has 4 N–H and O–H groups in total. The largest absolute Gasteiger partial charge is 0.457 e. The molecule has 2 aromatic rings. The van der Waals surface area contributed by atoms with E-state index in [9.17, 15) is 28.1 Å². The van der Waals surface area contributed by atoms with Gasteiger partial charge in [0.25, 0.3) is 16.1 Å². The molecular formula is C14H14FN3O8S. The number of ether oxygens (including phenoxy) is 2. The first kappa shape index (κ1) is 19.5. The van der Waals surface area contributed by atoms with Crippen LogP contribution in [-0.4, -0.2) is 73.3 Å². The van der Waals surface area contributed by atoms with Gasteiger partial charge in [0.05, 0.1) is 5.69 Å². The predicted octanol–water partition coefficient (Wildman–Crippen LogP) is -1.29. The zero-order valence-corrected chi connectivity index (χ0v) is 14.1. The van der Waals surface area contributed by atoms with E-state index >= 15 is 0 Å². The Kier molecular flexibility index (Phi) is 5.32. The second-order valence-electron chi connectivity index (χ2n) is 5.59. The average molecular weight is 403 g/mol. The third kappa shape index (κ3) is 4.02. The molecule has 0 aliphatic carbocycles. The molecule has 3 rings (SSSR count). The van der Waals surface area contributed by atoms with Crippen molar-refractivity contribution in [2.45, 2.75) is 30.0 Å². The molecular weight excluding hydrogens is 389 g/mol. The number of pyridine rings is 1. The summed E-state index contributed by atoms with van der Waals surface area (Å²) in [5.41, 5.74) is -1.70. The molecule has 1 fully saturated rings. The Labute approximate surface area is 151 Å². The molecule has 2 aromatic heterocycles. The molecule has 13 heteroatoms. The van der Waals surface area contributed by atoms with Crippen molar-refractivity contribution >= 4 is 10.1 Å². The lowest BCUT2D eigenvalue weighted by Gasteiger charge is -2.38. The van der Waals surface area contributed by atoms with Crippen molar-refractivity contribution in [3.8, 4) is 17.0 Å². The number of halogens is 1. The number of hydrogen-bond acceptors (Lipinski definition) is 10. The van der Waals surface area contributed by atoms with Crippen LogP contribution in [0.25, 0.3) is 11.3 Å². The first-order valence-electron chi connectivity index (χ1n) is 7.43. The minimum absolute atomic E-state index is 0.178. The number of aliphatic hydroxyl groups excluding tert-OH is 3. The fraction of sp³-hybridized carbons (Fsp3) is 0.357. The van der Waals surface area contributed by atoms with Gasteiger partial charge >= 0.3 is 0 Å².